The lowest BCUT2D eigenvalue weighted by molar-refractivity contribution is -0.150. The molecule has 6 nitrogen and oxygen atoms in total. The van der Waals surface area contributed by atoms with E-state index in [0.29, 0.717) is 31.7 Å². The number of amides is 2. The van der Waals surface area contributed by atoms with Crippen LogP contribution >= 0.6 is 0 Å². The second kappa shape index (κ2) is 8.31. The molecular formula is C17H28N2O4. The van der Waals surface area contributed by atoms with Gasteiger partial charge in [0, 0.05) is 25.4 Å². The Kier molecular flexibility index (Phi) is 6.42. The molecule has 1 saturated carbocycles. The highest BCUT2D eigenvalue weighted by Crippen LogP contribution is 2.40. The molecule has 6 heteroatoms. The van der Waals surface area contributed by atoms with Crippen LogP contribution in [0.4, 0.5) is 0 Å². The third kappa shape index (κ3) is 4.45. The van der Waals surface area contributed by atoms with Crippen LogP contribution < -0.4 is 5.32 Å². The van der Waals surface area contributed by atoms with Gasteiger partial charge in [-0.25, -0.2) is 4.79 Å². The van der Waals surface area contributed by atoms with Gasteiger partial charge in [-0.3, -0.25) is 9.59 Å². The molecule has 1 aliphatic carbocycles. The molecule has 0 spiro atoms. The first-order valence-electron chi connectivity index (χ1n) is 8.85. The molecule has 3 unspecified atom stereocenters. The first kappa shape index (κ1) is 17.8. The zero-order valence-electron chi connectivity index (χ0n) is 13.9. The van der Waals surface area contributed by atoms with Crippen molar-refractivity contribution in [2.75, 3.05) is 6.54 Å². The minimum absolute atomic E-state index is 0.0357. The summed E-state index contributed by atoms with van der Waals surface area (Å²) in [6.07, 6.45) is 6.68. The Hall–Kier alpha value is -1.59. The number of hydrogen-bond acceptors (Lipinski definition) is 3. The molecule has 1 heterocycles. The van der Waals surface area contributed by atoms with E-state index in [2.05, 4.69) is 5.32 Å². The molecule has 0 aromatic rings. The van der Waals surface area contributed by atoms with Crippen molar-refractivity contribution in [2.24, 2.45) is 5.92 Å². The highest BCUT2D eigenvalue weighted by atomic mass is 16.4. The minimum atomic E-state index is -0.895. The molecular weight excluding hydrogens is 296 g/mol. The monoisotopic (exact) mass is 324 g/mol. The Bertz CT molecular complexity index is 452. The third-order valence-electron chi connectivity index (χ3n) is 5.03. The molecule has 0 radical (unpaired) electrons. The van der Waals surface area contributed by atoms with E-state index < -0.39 is 12.0 Å². The smallest absolute Gasteiger partial charge is 0.326 e. The third-order valence-corrected chi connectivity index (χ3v) is 5.03. The molecule has 2 N–H and O–H groups in total. The largest absolute Gasteiger partial charge is 0.480 e. The van der Waals surface area contributed by atoms with E-state index in [1.807, 2.05) is 6.92 Å². The lowest BCUT2D eigenvalue weighted by Gasteiger charge is -2.33. The van der Waals surface area contributed by atoms with Crippen molar-refractivity contribution in [1.29, 1.82) is 0 Å². The second-order valence-electron chi connectivity index (χ2n) is 6.71. The van der Waals surface area contributed by atoms with Gasteiger partial charge in [-0.15, -0.1) is 0 Å². The van der Waals surface area contributed by atoms with Gasteiger partial charge in [0.2, 0.25) is 11.8 Å². The molecule has 2 rings (SSSR count). The number of carboxylic acid groups (broad SMARTS) is 1. The minimum Gasteiger partial charge on any atom is -0.480 e. The summed E-state index contributed by atoms with van der Waals surface area (Å²) in [6.45, 7) is 2.65. The second-order valence-corrected chi connectivity index (χ2v) is 6.71. The van der Waals surface area contributed by atoms with Crippen molar-refractivity contribution in [3.8, 4) is 0 Å². The highest BCUT2D eigenvalue weighted by molar-refractivity contribution is 5.85. The van der Waals surface area contributed by atoms with Crippen LogP contribution in [0.5, 0.6) is 0 Å². The Morgan fingerprint density at radius 2 is 1.91 bits per heavy atom. The first-order chi connectivity index (χ1) is 11.0. The van der Waals surface area contributed by atoms with Gasteiger partial charge in [-0.05, 0) is 38.0 Å². The molecule has 2 aliphatic rings. The van der Waals surface area contributed by atoms with Crippen molar-refractivity contribution in [3.63, 3.8) is 0 Å². The molecule has 2 fully saturated rings. The van der Waals surface area contributed by atoms with Crippen LogP contribution in [0.1, 0.15) is 64.7 Å². The van der Waals surface area contributed by atoms with E-state index in [-0.39, 0.29) is 24.3 Å². The van der Waals surface area contributed by atoms with Crippen LogP contribution in [0.15, 0.2) is 0 Å². The summed E-state index contributed by atoms with van der Waals surface area (Å²) in [6, 6.07) is -0.587. The van der Waals surface area contributed by atoms with Crippen molar-refractivity contribution in [2.45, 2.75) is 76.8 Å². The van der Waals surface area contributed by atoms with E-state index in [1.54, 1.807) is 4.90 Å². The topological polar surface area (TPSA) is 86.7 Å². The van der Waals surface area contributed by atoms with Crippen LogP contribution in [0.3, 0.4) is 0 Å². The first-order valence-corrected chi connectivity index (χ1v) is 8.85. The number of carboxylic acids is 1. The zero-order chi connectivity index (χ0) is 16.8. The number of hydrogen-bond donors (Lipinski definition) is 2. The van der Waals surface area contributed by atoms with Gasteiger partial charge in [0.1, 0.15) is 6.04 Å². The fourth-order valence-electron chi connectivity index (χ4n) is 3.92. The van der Waals surface area contributed by atoms with Crippen LogP contribution in [0.25, 0.3) is 0 Å². The Morgan fingerprint density at radius 1 is 1.17 bits per heavy atom. The van der Waals surface area contributed by atoms with Gasteiger partial charge in [-0.2, -0.15) is 0 Å². The lowest BCUT2D eigenvalue weighted by atomic mass is 9.84. The molecule has 0 aromatic carbocycles. The van der Waals surface area contributed by atoms with E-state index in [1.165, 1.54) is 0 Å². The maximum Gasteiger partial charge on any atom is 0.326 e. The van der Waals surface area contributed by atoms with Crippen molar-refractivity contribution >= 4 is 17.8 Å². The SMILES string of the molecule is CCCNC(=O)CCCC(=O)N1C(C(=O)O)CC2CCCCC21. The van der Waals surface area contributed by atoms with E-state index in [4.69, 9.17) is 0 Å². The maximum atomic E-state index is 12.5. The van der Waals surface area contributed by atoms with E-state index in [9.17, 15) is 19.5 Å². The highest BCUT2D eigenvalue weighted by Gasteiger charge is 2.47. The summed E-state index contributed by atoms with van der Waals surface area (Å²) in [4.78, 5) is 37.2. The molecule has 130 valence electrons. The van der Waals surface area contributed by atoms with Gasteiger partial charge in [0.25, 0.3) is 0 Å². The summed E-state index contributed by atoms with van der Waals surface area (Å²) in [5.41, 5.74) is 0. The number of carbonyl (C=O) groups excluding carboxylic acids is 2. The van der Waals surface area contributed by atoms with E-state index >= 15 is 0 Å². The van der Waals surface area contributed by atoms with Crippen molar-refractivity contribution in [1.82, 2.24) is 10.2 Å². The Labute approximate surface area is 137 Å². The average molecular weight is 324 g/mol. The van der Waals surface area contributed by atoms with Crippen LogP contribution in [-0.4, -0.2) is 46.4 Å². The predicted octanol–water partition coefficient (Wildman–Crippen LogP) is 1.93. The number of aliphatic carboxylic acids is 1. The summed E-state index contributed by atoms with van der Waals surface area (Å²) in [7, 11) is 0. The van der Waals surface area contributed by atoms with Crippen molar-refractivity contribution in [3.05, 3.63) is 0 Å². The average Bonchev–Trinajstić information content (AvgIpc) is 2.92. The van der Waals surface area contributed by atoms with Gasteiger partial charge < -0.3 is 15.3 Å². The maximum absolute atomic E-state index is 12.5. The van der Waals surface area contributed by atoms with E-state index in [0.717, 1.165) is 32.1 Å². The summed E-state index contributed by atoms with van der Waals surface area (Å²) < 4.78 is 0. The van der Waals surface area contributed by atoms with Gasteiger partial charge in [0.05, 0.1) is 0 Å². The van der Waals surface area contributed by atoms with Gasteiger partial charge in [-0.1, -0.05) is 19.8 Å². The summed E-state index contributed by atoms with van der Waals surface area (Å²) in [5.74, 6) is -0.698. The standard InChI is InChI=1S/C17H28N2O4/c1-2-10-18-15(20)8-5-9-16(21)19-13-7-4-3-6-12(13)11-14(19)17(22)23/h12-14H,2-11H2,1H3,(H,18,20)(H,22,23). The number of likely N-dealkylation sites (tertiary alicyclic amines) is 1. The molecule has 1 saturated heterocycles. The number of fused-ring (bicyclic) bond motifs is 1. The van der Waals surface area contributed by atoms with Crippen LogP contribution in [-0.2, 0) is 14.4 Å². The number of nitrogens with zero attached hydrogens (tertiary/aromatic N) is 1. The van der Waals surface area contributed by atoms with Crippen LogP contribution in [0, 0.1) is 5.92 Å². The number of rotatable bonds is 7. The lowest BCUT2D eigenvalue weighted by Crippen LogP contribution is -2.46. The number of nitrogens with one attached hydrogen (secondary N) is 1. The molecule has 3 atom stereocenters. The molecule has 1 aliphatic heterocycles. The van der Waals surface area contributed by atoms with Gasteiger partial charge in [0.15, 0.2) is 0 Å². The van der Waals surface area contributed by atoms with Gasteiger partial charge >= 0.3 is 5.97 Å². The van der Waals surface area contributed by atoms with Crippen LogP contribution in [0.2, 0.25) is 0 Å². The molecule has 23 heavy (non-hydrogen) atoms. The zero-order valence-corrected chi connectivity index (χ0v) is 13.9. The quantitative estimate of drug-likeness (QED) is 0.749. The Morgan fingerprint density at radius 3 is 2.61 bits per heavy atom. The fourth-order valence-corrected chi connectivity index (χ4v) is 3.92. The summed E-state index contributed by atoms with van der Waals surface area (Å²) in [5, 5.41) is 12.2. The summed E-state index contributed by atoms with van der Waals surface area (Å²) >= 11 is 0. The molecule has 0 bridgehead atoms. The van der Waals surface area contributed by atoms with Crippen molar-refractivity contribution < 1.29 is 19.5 Å². The predicted molar refractivity (Wildman–Crippen MR) is 85.8 cm³/mol. The fraction of sp³-hybridized carbons (Fsp3) is 0.824. The molecule has 0 aromatic heterocycles. The number of carbonyl (C=O) groups is 3. The Balaban J connectivity index is 1.88. The normalized spacial score (nSPS) is 26.7. The molecule has 2 amide bonds.